The number of H-pyrrole nitrogens is 1. The molecule has 0 unspecified atom stereocenters. The van der Waals surface area contributed by atoms with Crippen molar-refractivity contribution < 1.29 is 0 Å². The highest BCUT2D eigenvalue weighted by Crippen LogP contribution is 2.35. The molecule has 0 atom stereocenters. The van der Waals surface area contributed by atoms with Crippen LogP contribution in [0.1, 0.15) is 0 Å². The minimum absolute atomic E-state index is 1.07. The first-order valence-electron chi connectivity index (χ1n) is 7.40. The standard InChI is InChI=1S/C20H16N2/c1-3-10-17(11-4-1)22(18-12-5-2-6-13-18)20-15-16-9-7-8-14-19(16)21-20/h1-15,21H. The van der Waals surface area contributed by atoms with Crippen molar-refractivity contribution in [3.63, 3.8) is 0 Å². The van der Waals surface area contributed by atoms with Crippen molar-refractivity contribution in [3.05, 3.63) is 91.0 Å². The molecule has 0 aliphatic heterocycles. The second-order valence-electron chi connectivity index (χ2n) is 5.25. The zero-order chi connectivity index (χ0) is 14.8. The van der Waals surface area contributed by atoms with Crippen molar-refractivity contribution in [2.75, 3.05) is 4.90 Å². The summed E-state index contributed by atoms with van der Waals surface area (Å²) in [5.41, 5.74) is 3.43. The molecule has 3 aromatic carbocycles. The largest absolute Gasteiger partial charge is 0.341 e. The van der Waals surface area contributed by atoms with Crippen molar-refractivity contribution in [1.29, 1.82) is 0 Å². The Bertz CT molecular complexity index is 807. The molecule has 0 aliphatic rings. The summed E-state index contributed by atoms with van der Waals surface area (Å²) >= 11 is 0. The number of nitrogens with zero attached hydrogens (tertiary/aromatic N) is 1. The van der Waals surface area contributed by atoms with E-state index in [4.69, 9.17) is 0 Å². The minimum Gasteiger partial charge on any atom is -0.341 e. The molecular weight excluding hydrogens is 268 g/mol. The zero-order valence-corrected chi connectivity index (χ0v) is 12.1. The van der Waals surface area contributed by atoms with Gasteiger partial charge in [0.05, 0.1) is 0 Å². The van der Waals surface area contributed by atoms with Gasteiger partial charge in [0.2, 0.25) is 0 Å². The van der Waals surface area contributed by atoms with Gasteiger partial charge in [-0.1, -0.05) is 54.6 Å². The van der Waals surface area contributed by atoms with Crippen LogP contribution >= 0.6 is 0 Å². The third-order valence-electron chi connectivity index (χ3n) is 3.79. The van der Waals surface area contributed by atoms with E-state index in [0.29, 0.717) is 0 Å². The third-order valence-corrected chi connectivity index (χ3v) is 3.79. The predicted molar refractivity (Wildman–Crippen MR) is 93.0 cm³/mol. The van der Waals surface area contributed by atoms with Crippen LogP contribution in [0.25, 0.3) is 10.9 Å². The van der Waals surface area contributed by atoms with Crippen molar-refractivity contribution in [1.82, 2.24) is 4.98 Å². The Balaban J connectivity index is 1.90. The summed E-state index contributed by atoms with van der Waals surface area (Å²) < 4.78 is 0. The fourth-order valence-electron chi connectivity index (χ4n) is 2.76. The molecular formula is C20H16N2. The van der Waals surface area contributed by atoms with Crippen LogP contribution in [0.15, 0.2) is 91.0 Å². The Kier molecular flexibility index (Phi) is 3.13. The second kappa shape index (κ2) is 5.41. The van der Waals surface area contributed by atoms with Gasteiger partial charge in [0.25, 0.3) is 0 Å². The van der Waals surface area contributed by atoms with Gasteiger partial charge in [0.15, 0.2) is 0 Å². The molecule has 22 heavy (non-hydrogen) atoms. The van der Waals surface area contributed by atoms with E-state index in [9.17, 15) is 0 Å². The highest BCUT2D eigenvalue weighted by atomic mass is 15.2. The average Bonchev–Trinajstić information content (AvgIpc) is 3.00. The molecule has 1 heterocycles. The van der Waals surface area contributed by atoms with Crippen molar-refractivity contribution in [3.8, 4) is 0 Å². The van der Waals surface area contributed by atoms with Crippen LogP contribution in [-0.2, 0) is 0 Å². The van der Waals surface area contributed by atoms with Crippen molar-refractivity contribution in [2.24, 2.45) is 0 Å². The molecule has 0 aliphatic carbocycles. The highest BCUT2D eigenvalue weighted by Gasteiger charge is 2.13. The maximum atomic E-state index is 3.52. The van der Waals surface area contributed by atoms with Gasteiger partial charge < -0.3 is 4.98 Å². The molecule has 2 nitrogen and oxygen atoms in total. The molecule has 0 saturated heterocycles. The lowest BCUT2D eigenvalue weighted by atomic mass is 10.2. The normalized spacial score (nSPS) is 10.7. The first-order chi connectivity index (χ1) is 10.9. The molecule has 1 N–H and O–H groups in total. The first kappa shape index (κ1) is 12.7. The monoisotopic (exact) mass is 284 g/mol. The van der Waals surface area contributed by atoms with Gasteiger partial charge in [-0.05, 0) is 36.4 Å². The summed E-state index contributed by atoms with van der Waals surface area (Å²) in [6, 6.07) is 31.4. The summed E-state index contributed by atoms with van der Waals surface area (Å²) in [5.74, 6) is 1.07. The molecule has 0 bridgehead atoms. The molecule has 106 valence electrons. The zero-order valence-electron chi connectivity index (χ0n) is 12.1. The van der Waals surface area contributed by atoms with Crippen molar-refractivity contribution in [2.45, 2.75) is 0 Å². The molecule has 0 saturated carbocycles. The number of aromatic amines is 1. The van der Waals surface area contributed by atoms with Crippen LogP contribution in [0, 0.1) is 0 Å². The molecule has 4 aromatic rings. The Morgan fingerprint density at radius 1 is 0.591 bits per heavy atom. The van der Waals surface area contributed by atoms with Gasteiger partial charge in [0, 0.05) is 22.3 Å². The lowest BCUT2D eigenvalue weighted by Gasteiger charge is -2.23. The molecule has 0 radical (unpaired) electrons. The summed E-state index contributed by atoms with van der Waals surface area (Å²) in [5, 5.41) is 1.22. The average molecular weight is 284 g/mol. The summed E-state index contributed by atoms with van der Waals surface area (Å²) in [6.45, 7) is 0. The van der Waals surface area contributed by atoms with Gasteiger partial charge in [0.1, 0.15) is 5.82 Å². The van der Waals surface area contributed by atoms with E-state index >= 15 is 0 Å². The van der Waals surface area contributed by atoms with E-state index in [1.54, 1.807) is 0 Å². The van der Waals surface area contributed by atoms with Gasteiger partial charge in [-0.15, -0.1) is 0 Å². The molecule has 1 aromatic heterocycles. The lowest BCUT2D eigenvalue weighted by Crippen LogP contribution is -2.09. The van der Waals surface area contributed by atoms with E-state index in [0.717, 1.165) is 22.7 Å². The van der Waals surface area contributed by atoms with Gasteiger partial charge in [-0.2, -0.15) is 0 Å². The molecule has 0 spiro atoms. The number of anilines is 3. The smallest absolute Gasteiger partial charge is 0.116 e. The number of benzene rings is 3. The van der Waals surface area contributed by atoms with Crippen LogP contribution in [0.3, 0.4) is 0 Å². The van der Waals surface area contributed by atoms with Crippen LogP contribution < -0.4 is 4.90 Å². The molecule has 0 amide bonds. The van der Waals surface area contributed by atoms with Crippen LogP contribution in [0.4, 0.5) is 17.2 Å². The van der Waals surface area contributed by atoms with Crippen LogP contribution in [0.5, 0.6) is 0 Å². The Labute approximate surface area is 129 Å². The quantitative estimate of drug-likeness (QED) is 0.516. The maximum Gasteiger partial charge on any atom is 0.116 e. The molecule has 0 fully saturated rings. The van der Waals surface area contributed by atoms with Gasteiger partial charge in [-0.3, -0.25) is 4.90 Å². The molecule has 2 heteroatoms. The summed E-state index contributed by atoms with van der Waals surface area (Å²) in [7, 11) is 0. The minimum atomic E-state index is 1.07. The number of para-hydroxylation sites is 3. The van der Waals surface area contributed by atoms with Crippen LogP contribution in [0.2, 0.25) is 0 Å². The number of aromatic nitrogens is 1. The number of fused-ring (bicyclic) bond motifs is 1. The number of hydrogen-bond acceptors (Lipinski definition) is 1. The highest BCUT2D eigenvalue weighted by molar-refractivity contribution is 5.87. The number of rotatable bonds is 3. The fourth-order valence-corrected chi connectivity index (χ4v) is 2.76. The van der Waals surface area contributed by atoms with E-state index < -0.39 is 0 Å². The summed E-state index contributed by atoms with van der Waals surface area (Å²) in [4.78, 5) is 5.75. The SMILES string of the molecule is c1ccc(N(c2ccccc2)c2cc3ccccc3[nH]2)cc1. The van der Waals surface area contributed by atoms with E-state index in [-0.39, 0.29) is 0 Å². The lowest BCUT2D eigenvalue weighted by molar-refractivity contribution is 1.23. The molecule has 4 rings (SSSR count). The fraction of sp³-hybridized carbons (Fsp3) is 0. The van der Waals surface area contributed by atoms with Gasteiger partial charge in [-0.25, -0.2) is 0 Å². The van der Waals surface area contributed by atoms with Crippen LogP contribution in [-0.4, -0.2) is 4.98 Å². The topological polar surface area (TPSA) is 19.0 Å². The Morgan fingerprint density at radius 3 is 1.73 bits per heavy atom. The Hall–Kier alpha value is -3.00. The third kappa shape index (κ3) is 2.25. The predicted octanol–water partition coefficient (Wildman–Crippen LogP) is 5.64. The Morgan fingerprint density at radius 2 is 1.14 bits per heavy atom. The van der Waals surface area contributed by atoms with E-state index in [1.807, 2.05) is 12.1 Å². The maximum absolute atomic E-state index is 3.52. The summed E-state index contributed by atoms with van der Waals surface area (Å²) in [6.07, 6.45) is 0. The van der Waals surface area contributed by atoms with Crippen molar-refractivity contribution >= 4 is 28.1 Å². The van der Waals surface area contributed by atoms with E-state index in [1.165, 1.54) is 5.39 Å². The number of nitrogens with one attached hydrogen (secondary N) is 1. The van der Waals surface area contributed by atoms with Gasteiger partial charge >= 0.3 is 0 Å². The first-order valence-corrected chi connectivity index (χ1v) is 7.40. The second-order valence-corrected chi connectivity index (χ2v) is 5.25. The number of hydrogen-bond donors (Lipinski definition) is 1. The van der Waals surface area contributed by atoms with E-state index in [2.05, 4.69) is 88.7 Å².